The number of hydrogen-bond donors (Lipinski definition) is 1. The Morgan fingerprint density at radius 2 is 1.81 bits per heavy atom. The second-order valence-electron chi connectivity index (χ2n) is 7.21. The molecule has 1 saturated heterocycles. The second kappa shape index (κ2) is 8.33. The fourth-order valence-electron chi connectivity index (χ4n) is 3.27. The normalized spacial score (nSPS) is 16.3. The highest BCUT2D eigenvalue weighted by Gasteiger charge is 2.35. The first-order valence-electron chi connectivity index (χ1n) is 9.55. The van der Waals surface area contributed by atoms with Crippen molar-refractivity contribution in [3.05, 3.63) is 65.5 Å². The summed E-state index contributed by atoms with van der Waals surface area (Å²) in [7, 11) is 0. The van der Waals surface area contributed by atoms with Gasteiger partial charge in [-0.1, -0.05) is 22.8 Å². The van der Waals surface area contributed by atoms with Crippen LogP contribution in [0.2, 0.25) is 0 Å². The van der Waals surface area contributed by atoms with E-state index in [9.17, 15) is 22.8 Å². The third-order valence-electron chi connectivity index (χ3n) is 4.83. The number of aryl methyl sites for hydroxylation is 1. The SMILES string of the molecule is Cc1ccc(C(=O)Nc2nnc([C@@H]3CC(=O)N(c4ccc(OC(F)(F)F)cc4)C3)o2)cc1. The molecule has 1 aliphatic rings. The van der Waals surface area contributed by atoms with Gasteiger partial charge < -0.3 is 14.1 Å². The Morgan fingerprint density at radius 1 is 1.12 bits per heavy atom. The number of alkyl halides is 3. The molecule has 1 atom stereocenters. The highest BCUT2D eigenvalue weighted by molar-refractivity contribution is 6.03. The average molecular weight is 446 g/mol. The lowest BCUT2D eigenvalue weighted by Crippen LogP contribution is -2.24. The summed E-state index contributed by atoms with van der Waals surface area (Å²) in [6.45, 7) is 2.11. The van der Waals surface area contributed by atoms with Gasteiger partial charge in [0.25, 0.3) is 5.91 Å². The first kappa shape index (κ1) is 21.3. The van der Waals surface area contributed by atoms with E-state index in [1.165, 1.54) is 17.0 Å². The molecule has 0 radical (unpaired) electrons. The Morgan fingerprint density at radius 3 is 2.47 bits per heavy atom. The minimum Gasteiger partial charge on any atom is -0.407 e. The minimum atomic E-state index is -4.79. The number of amides is 2. The number of hydrogen-bond acceptors (Lipinski definition) is 6. The van der Waals surface area contributed by atoms with E-state index in [1.54, 1.807) is 24.3 Å². The predicted octanol–water partition coefficient (Wildman–Crippen LogP) is 4.05. The number of aromatic nitrogens is 2. The molecule has 1 aliphatic heterocycles. The molecule has 0 spiro atoms. The third-order valence-corrected chi connectivity index (χ3v) is 4.83. The van der Waals surface area contributed by atoms with Crippen molar-refractivity contribution in [1.29, 1.82) is 0 Å². The lowest BCUT2D eigenvalue weighted by Gasteiger charge is -2.17. The maximum Gasteiger partial charge on any atom is 0.573 e. The van der Waals surface area contributed by atoms with Gasteiger partial charge >= 0.3 is 12.4 Å². The molecule has 32 heavy (non-hydrogen) atoms. The molecule has 11 heteroatoms. The topological polar surface area (TPSA) is 97.6 Å². The fraction of sp³-hybridized carbons (Fsp3) is 0.238. The van der Waals surface area contributed by atoms with Gasteiger partial charge in [-0.25, -0.2) is 0 Å². The van der Waals surface area contributed by atoms with Crippen LogP contribution in [-0.2, 0) is 4.79 Å². The Hall–Kier alpha value is -3.89. The van der Waals surface area contributed by atoms with Crippen LogP contribution in [0.1, 0.15) is 34.2 Å². The maximum atomic E-state index is 12.4. The van der Waals surface area contributed by atoms with Crippen LogP contribution in [0.25, 0.3) is 0 Å². The molecule has 2 aromatic carbocycles. The van der Waals surface area contributed by atoms with E-state index in [2.05, 4.69) is 20.3 Å². The second-order valence-corrected chi connectivity index (χ2v) is 7.21. The first-order valence-corrected chi connectivity index (χ1v) is 9.55. The minimum absolute atomic E-state index is 0.0777. The molecule has 0 aliphatic carbocycles. The van der Waals surface area contributed by atoms with Crippen molar-refractivity contribution in [3.8, 4) is 5.75 Å². The van der Waals surface area contributed by atoms with E-state index in [-0.39, 0.29) is 36.5 Å². The summed E-state index contributed by atoms with van der Waals surface area (Å²) in [5.41, 5.74) is 1.86. The Labute approximate surface area is 180 Å². The summed E-state index contributed by atoms with van der Waals surface area (Å²) in [5, 5.41) is 10.2. The number of nitrogens with zero attached hydrogens (tertiary/aromatic N) is 3. The fourth-order valence-corrected chi connectivity index (χ4v) is 3.27. The summed E-state index contributed by atoms with van der Waals surface area (Å²) in [5.74, 6) is -1.29. The van der Waals surface area contributed by atoms with Crippen LogP contribution in [0.5, 0.6) is 5.75 Å². The van der Waals surface area contributed by atoms with Crippen LogP contribution in [0.4, 0.5) is 24.9 Å². The van der Waals surface area contributed by atoms with Crippen molar-refractivity contribution in [2.45, 2.75) is 25.6 Å². The summed E-state index contributed by atoms with van der Waals surface area (Å²) >= 11 is 0. The molecule has 2 heterocycles. The smallest absolute Gasteiger partial charge is 0.407 e. The largest absolute Gasteiger partial charge is 0.573 e. The number of carbonyl (C=O) groups is 2. The molecule has 1 aromatic heterocycles. The van der Waals surface area contributed by atoms with Gasteiger partial charge in [-0.15, -0.1) is 18.3 Å². The van der Waals surface area contributed by atoms with Crippen LogP contribution < -0.4 is 15.0 Å². The zero-order valence-corrected chi connectivity index (χ0v) is 16.7. The zero-order chi connectivity index (χ0) is 22.9. The molecule has 0 saturated carbocycles. The number of benzene rings is 2. The molecule has 0 unspecified atom stereocenters. The van der Waals surface area contributed by atoms with Crippen molar-refractivity contribution in [2.24, 2.45) is 0 Å². The maximum absolute atomic E-state index is 12.4. The zero-order valence-electron chi connectivity index (χ0n) is 16.7. The van der Waals surface area contributed by atoms with E-state index >= 15 is 0 Å². The highest BCUT2D eigenvalue weighted by atomic mass is 19.4. The predicted molar refractivity (Wildman–Crippen MR) is 106 cm³/mol. The van der Waals surface area contributed by atoms with Crippen LogP contribution in [-0.4, -0.2) is 34.9 Å². The number of carbonyl (C=O) groups excluding carboxylic acids is 2. The summed E-state index contributed by atoms with van der Waals surface area (Å²) in [6, 6.07) is 11.8. The Balaban J connectivity index is 1.40. The molecule has 2 amide bonds. The number of ether oxygens (including phenoxy) is 1. The quantitative estimate of drug-likeness (QED) is 0.635. The van der Waals surface area contributed by atoms with Crippen molar-refractivity contribution in [3.63, 3.8) is 0 Å². The lowest BCUT2D eigenvalue weighted by atomic mass is 10.1. The highest BCUT2D eigenvalue weighted by Crippen LogP contribution is 2.33. The van der Waals surface area contributed by atoms with Crippen molar-refractivity contribution in [2.75, 3.05) is 16.8 Å². The molecular formula is C21H17F3N4O4. The van der Waals surface area contributed by atoms with E-state index in [0.29, 0.717) is 11.3 Å². The number of halogens is 3. The van der Waals surface area contributed by atoms with Crippen LogP contribution in [0.3, 0.4) is 0 Å². The molecule has 1 N–H and O–H groups in total. The van der Waals surface area contributed by atoms with Crippen molar-refractivity contribution in [1.82, 2.24) is 10.2 Å². The van der Waals surface area contributed by atoms with Gasteiger partial charge in [0.1, 0.15) is 5.75 Å². The summed E-state index contributed by atoms with van der Waals surface area (Å²) in [6.07, 6.45) is -4.71. The molecule has 166 valence electrons. The van der Waals surface area contributed by atoms with E-state index in [0.717, 1.165) is 17.7 Å². The van der Waals surface area contributed by atoms with Gasteiger partial charge in [-0.05, 0) is 43.3 Å². The molecule has 8 nitrogen and oxygen atoms in total. The standard InChI is InChI=1S/C21H17F3N4O4/c1-12-2-4-13(5-3-12)18(30)25-20-27-26-19(31-20)14-10-17(29)28(11-14)15-6-8-16(9-7-15)32-21(22,23)24/h2-9,14H,10-11H2,1H3,(H,25,27,30)/t14-/m1/s1. The van der Waals surface area contributed by atoms with E-state index < -0.39 is 18.2 Å². The number of rotatable bonds is 5. The Kier molecular flexibility index (Phi) is 5.56. The van der Waals surface area contributed by atoms with Crippen molar-refractivity contribution < 1.29 is 31.9 Å². The number of anilines is 2. The Bertz CT molecular complexity index is 1130. The van der Waals surface area contributed by atoms with Gasteiger partial charge in [-0.2, -0.15) is 0 Å². The molecular weight excluding hydrogens is 429 g/mol. The number of nitrogens with one attached hydrogen (secondary N) is 1. The van der Waals surface area contributed by atoms with E-state index in [4.69, 9.17) is 4.42 Å². The van der Waals surface area contributed by atoms with Crippen molar-refractivity contribution >= 4 is 23.5 Å². The first-order chi connectivity index (χ1) is 15.2. The lowest BCUT2D eigenvalue weighted by molar-refractivity contribution is -0.274. The molecule has 3 aromatic rings. The van der Waals surface area contributed by atoms with Gasteiger partial charge in [0.15, 0.2) is 0 Å². The van der Waals surface area contributed by atoms with Crippen LogP contribution >= 0.6 is 0 Å². The van der Waals surface area contributed by atoms with Gasteiger partial charge in [0, 0.05) is 24.2 Å². The molecule has 1 fully saturated rings. The van der Waals surface area contributed by atoms with Crippen LogP contribution in [0.15, 0.2) is 52.9 Å². The third kappa shape index (κ3) is 4.88. The van der Waals surface area contributed by atoms with Gasteiger partial charge in [-0.3, -0.25) is 14.9 Å². The van der Waals surface area contributed by atoms with Gasteiger partial charge in [0.05, 0.1) is 5.92 Å². The van der Waals surface area contributed by atoms with Crippen LogP contribution in [0, 0.1) is 6.92 Å². The monoisotopic (exact) mass is 446 g/mol. The van der Waals surface area contributed by atoms with Gasteiger partial charge in [0.2, 0.25) is 11.8 Å². The molecule has 0 bridgehead atoms. The average Bonchev–Trinajstić information content (AvgIpc) is 3.34. The van der Waals surface area contributed by atoms with E-state index in [1.807, 2.05) is 6.92 Å². The summed E-state index contributed by atoms with van der Waals surface area (Å²) < 4.78 is 46.3. The summed E-state index contributed by atoms with van der Waals surface area (Å²) in [4.78, 5) is 26.1. The molecule has 4 rings (SSSR count).